The van der Waals surface area contributed by atoms with Crippen molar-refractivity contribution in [1.29, 1.82) is 0 Å². The van der Waals surface area contributed by atoms with Crippen LogP contribution < -0.4 is 10.6 Å². The van der Waals surface area contributed by atoms with Gasteiger partial charge in [-0.25, -0.2) is 9.48 Å². The molecule has 176 valence electrons. The van der Waals surface area contributed by atoms with Gasteiger partial charge in [0.25, 0.3) is 5.91 Å². The first-order chi connectivity index (χ1) is 16.9. The van der Waals surface area contributed by atoms with Crippen molar-refractivity contribution in [2.45, 2.75) is 18.9 Å². The molecule has 2 heterocycles. The van der Waals surface area contributed by atoms with Crippen LogP contribution in [0.2, 0.25) is 0 Å². The predicted octanol–water partition coefficient (Wildman–Crippen LogP) is 3.15. The van der Waals surface area contributed by atoms with E-state index < -0.39 is 17.5 Å². The maximum atomic E-state index is 13.2. The summed E-state index contributed by atoms with van der Waals surface area (Å²) in [5.41, 5.74) is 1.46. The molecule has 0 aliphatic carbocycles. The molecular formula is C27H25N5O3. The number of nitrogens with one attached hydrogen (secondary N) is 2. The van der Waals surface area contributed by atoms with Gasteiger partial charge >= 0.3 is 6.03 Å². The van der Waals surface area contributed by atoms with Crippen molar-refractivity contribution < 1.29 is 14.4 Å². The minimum absolute atomic E-state index is 0.327. The molecule has 4 aromatic rings. The lowest BCUT2D eigenvalue weighted by atomic mass is 9.90. The normalized spacial score (nSPS) is 17.6. The van der Waals surface area contributed by atoms with E-state index in [2.05, 4.69) is 15.7 Å². The summed E-state index contributed by atoms with van der Waals surface area (Å²) in [6.45, 7) is 1.74. The van der Waals surface area contributed by atoms with Gasteiger partial charge in [-0.1, -0.05) is 48.5 Å². The van der Waals surface area contributed by atoms with Crippen LogP contribution in [0.4, 0.5) is 4.79 Å². The van der Waals surface area contributed by atoms with Crippen molar-refractivity contribution in [3.05, 3.63) is 96.3 Å². The van der Waals surface area contributed by atoms with E-state index in [0.717, 1.165) is 26.9 Å². The van der Waals surface area contributed by atoms with Crippen LogP contribution in [-0.4, -0.2) is 45.6 Å². The second-order valence-electron chi connectivity index (χ2n) is 8.73. The predicted molar refractivity (Wildman–Crippen MR) is 132 cm³/mol. The molecular weight excluding hydrogens is 442 g/mol. The second kappa shape index (κ2) is 9.06. The molecule has 1 aliphatic heterocycles. The van der Waals surface area contributed by atoms with E-state index in [1.807, 2.05) is 79.0 Å². The standard InChI is InChI=1S/C27H25N5O3/c1-27(22-10-9-20-5-2-3-6-21(20)17-22)25(34)31(26(35)30-27)18-24(33)28-15-13-19-7-11-23(12-8-19)32-16-4-14-29-32/h2-12,14,16-17H,13,15,18H2,1H3,(H,28,33)(H,30,35). The van der Waals surface area contributed by atoms with Crippen LogP contribution >= 0.6 is 0 Å². The Bertz CT molecular complexity index is 1400. The third kappa shape index (κ3) is 4.38. The smallest absolute Gasteiger partial charge is 0.325 e. The number of carbonyl (C=O) groups excluding carboxylic acids is 3. The molecule has 4 amide bonds. The van der Waals surface area contributed by atoms with Gasteiger partial charge in [-0.15, -0.1) is 0 Å². The zero-order valence-electron chi connectivity index (χ0n) is 19.3. The molecule has 0 spiro atoms. The van der Waals surface area contributed by atoms with E-state index in [0.29, 0.717) is 18.5 Å². The molecule has 8 heteroatoms. The highest BCUT2D eigenvalue weighted by molar-refractivity contribution is 6.09. The highest BCUT2D eigenvalue weighted by Gasteiger charge is 2.49. The number of aromatic nitrogens is 2. The number of nitrogens with zero attached hydrogens (tertiary/aromatic N) is 3. The Kier molecular flexibility index (Phi) is 5.78. The molecule has 0 saturated carbocycles. The molecule has 1 fully saturated rings. The van der Waals surface area contributed by atoms with Crippen LogP contribution in [0.3, 0.4) is 0 Å². The molecule has 8 nitrogen and oxygen atoms in total. The first kappa shape index (κ1) is 22.3. The Labute approximate surface area is 202 Å². The van der Waals surface area contributed by atoms with Crippen LogP contribution in [0.15, 0.2) is 85.2 Å². The van der Waals surface area contributed by atoms with Gasteiger partial charge in [-0.05, 0) is 59.5 Å². The SMILES string of the molecule is CC1(c2ccc3ccccc3c2)NC(=O)N(CC(=O)NCCc2ccc(-n3cccn3)cc2)C1=O. The monoisotopic (exact) mass is 467 g/mol. The molecule has 1 aromatic heterocycles. The lowest BCUT2D eigenvalue weighted by molar-refractivity contribution is -0.134. The molecule has 3 aromatic carbocycles. The fourth-order valence-corrected chi connectivity index (χ4v) is 4.32. The number of urea groups is 1. The second-order valence-corrected chi connectivity index (χ2v) is 8.73. The van der Waals surface area contributed by atoms with Gasteiger partial charge in [0.1, 0.15) is 12.1 Å². The quantitative estimate of drug-likeness (QED) is 0.408. The highest BCUT2D eigenvalue weighted by atomic mass is 16.2. The number of hydrogen-bond donors (Lipinski definition) is 2. The third-order valence-electron chi connectivity index (χ3n) is 6.34. The van der Waals surface area contributed by atoms with Gasteiger partial charge in [0.05, 0.1) is 5.69 Å². The fourth-order valence-electron chi connectivity index (χ4n) is 4.32. The maximum Gasteiger partial charge on any atom is 0.325 e. The summed E-state index contributed by atoms with van der Waals surface area (Å²) < 4.78 is 1.77. The van der Waals surface area contributed by atoms with E-state index in [4.69, 9.17) is 0 Å². The van der Waals surface area contributed by atoms with Crippen LogP contribution in [0.5, 0.6) is 0 Å². The molecule has 0 bridgehead atoms. The number of fused-ring (bicyclic) bond motifs is 1. The van der Waals surface area contributed by atoms with Crippen molar-refractivity contribution in [2.75, 3.05) is 13.1 Å². The Balaban J connectivity index is 1.18. The Morgan fingerprint density at radius 1 is 1.00 bits per heavy atom. The molecule has 0 radical (unpaired) electrons. The molecule has 1 unspecified atom stereocenters. The summed E-state index contributed by atoms with van der Waals surface area (Å²) in [5, 5.41) is 11.8. The highest BCUT2D eigenvalue weighted by Crippen LogP contribution is 2.30. The van der Waals surface area contributed by atoms with E-state index in [9.17, 15) is 14.4 Å². The van der Waals surface area contributed by atoms with Crippen molar-refractivity contribution >= 4 is 28.6 Å². The van der Waals surface area contributed by atoms with Gasteiger partial charge in [-0.2, -0.15) is 5.10 Å². The minimum atomic E-state index is -1.22. The van der Waals surface area contributed by atoms with E-state index in [-0.39, 0.29) is 12.5 Å². The Morgan fingerprint density at radius 3 is 2.51 bits per heavy atom. The maximum absolute atomic E-state index is 13.2. The Morgan fingerprint density at radius 2 is 1.77 bits per heavy atom. The van der Waals surface area contributed by atoms with Crippen molar-refractivity contribution in [2.24, 2.45) is 0 Å². The zero-order valence-corrected chi connectivity index (χ0v) is 19.3. The average molecular weight is 468 g/mol. The first-order valence-corrected chi connectivity index (χ1v) is 11.4. The summed E-state index contributed by atoms with van der Waals surface area (Å²) in [6.07, 6.45) is 4.22. The van der Waals surface area contributed by atoms with Gasteiger partial charge in [0, 0.05) is 18.9 Å². The number of imide groups is 1. The van der Waals surface area contributed by atoms with E-state index in [1.54, 1.807) is 17.8 Å². The summed E-state index contributed by atoms with van der Waals surface area (Å²) in [7, 11) is 0. The minimum Gasteiger partial charge on any atom is -0.354 e. The van der Waals surface area contributed by atoms with Crippen molar-refractivity contribution in [1.82, 2.24) is 25.3 Å². The summed E-state index contributed by atoms with van der Waals surface area (Å²) in [4.78, 5) is 39.3. The lowest BCUT2D eigenvalue weighted by Crippen LogP contribution is -2.43. The van der Waals surface area contributed by atoms with Gasteiger partial charge in [0.2, 0.25) is 5.91 Å². The lowest BCUT2D eigenvalue weighted by Gasteiger charge is -2.22. The number of carbonyl (C=O) groups is 3. The largest absolute Gasteiger partial charge is 0.354 e. The van der Waals surface area contributed by atoms with Gasteiger partial charge < -0.3 is 10.6 Å². The molecule has 1 saturated heterocycles. The molecule has 5 rings (SSSR count). The summed E-state index contributed by atoms with van der Waals surface area (Å²) in [5.74, 6) is -0.827. The third-order valence-corrected chi connectivity index (χ3v) is 6.34. The van der Waals surface area contributed by atoms with Crippen LogP contribution in [0.1, 0.15) is 18.1 Å². The van der Waals surface area contributed by atoms with Gasteiger partial charge in [-0.3, -0.25) is 14.5 Å². The van der Waals surface area contributed by atoms with Gasteiger partial charge in [0.15, 0.2) is 0 Å². The number of rotatable bonds is 7. The molecule has 2 N–H and O–H groups in total. The van der Waals surface area contributed by atoms with Crippen molar-refractivity contribution in [3.63, 3.8) is 0 Å². The first-order valence-electron chi connectivity index (χ1n) is 11.4. The van der Waals surface area contributed by atoms with E-state index >= 15 is 0 Å². The topological polar surface area (TPSA) is 96.3 Å². The summed E-state index contributed by atoms with van der Waals surface area (Å²) >= 11 is 0. The molecule has 35 heavy (non-hydrogen) atoms. The van der Waals surface area contributed by atoms with Crippen LogP contribution in [-0.2, 0) is 21.5 Å². The average Bonchev–Trinajstić information content (AvgIpc) is 3.48. The zero-order chi connectivity index (χ0) is 24.4. The fraction of sp³-hybridized carbons (Fsp3) is 0.185. The number of hydrogen-bond acceptors (Lipinski definition) is 4. The molecule has 1 atom stereocenters. The number of benzene rings is 3. The van der Waals surface area contributed by atoms with E-state index in [1.165, 1.54) is 0 Å². The van der Waals surface area contributed by atoms with Crippen molar-refractivity contribution in [3.8, 4) is 5.69 Å². The Hall–Kier alpha value is -4.46. The van der Waals surface area contributed by atoms with Crippen LogP contribution in [0, 0.1) is 0 Å². The summed E-state index contributed by atoms with van der Waals surface area (Å²) in [6, 6.07) is 22.6. The number of amides is 4. The van der Waals surface area contributed by atoms with Crippen LogP contribution in [0.25, 0.3) is 16.5 Å². The molecule has 1 aliphatic rings.